The van der Waals surface area contributed by atoms with Gasteiger partial charge in [-0.05, 0) is 18.2 Å². The van der Waals surface area contributed by atoms with E-state index in [-0.39, 0.29) is 6.04 Å². The Hall–Kier alpha value is -1.22. The Kier molecular flexibility index (Phi) is 4.35. The Balaban J connectivity index is 2.02. The number of piperazine rings is 1. The third-order valence-corrected chi connectivity index (χ3v) is 6.15. The summed E-state index contributed by atoms with van der Waals surface area (Å²) < 4.78 is 30.1. The maximum absolute atomic E-state index is 13.0. The summed E-state index contributed by atoms with van der Waals surface area (Å²) in [5.41, 5.74) is 0. The summed E-state index contributed by atoms with van der Waals surface area (Å²) in [7, 11) is -1.69. The lowest BCUT2D eigenvalue weighted by Gasteiger charge is -2.34. The number of benzene rings is 1. The lowest BCUT2D eigenvalue weighted by Crippen LogP contribution is -2.49. The van der Waals surface area contributed by atoms with Gasteiger partial charge < -0.3 is 9.88 Å². The molecule has 1 atom stereocenters. The van der Waals surface area contributed by atoms with E-state index in [0.717, 1.165) is 10.3 Å². The maximum atomic E-state index is 13.0. The van der Waals surface area contributed by atoms with Gasteiger partial charge in [0.2, 0.25) is 10.0 Å². The first-order valence-electron chi connectivity index (χ1n) is 6.95. The number of aryl methyl sites for hydroxylation is 1. The smallest absolute Gasteiger partial charge is 0.243 e. The van der Waals surface area contributed by atoms with E-state index in [0.29, 0.717) is 24.5 Å². The molecule has 2 aromatic rings. The number of rotatable bonds is 3. The van der Waals surface area contributed by atoms with Crippen LogP contribution in [0.2, 0.25) is 0 Å². The van der Waals surface area contributed by atoms with Gasteiger partial charge >= 0.3 is 0 Å². The number of nitrogens with zero attached hydrogens (tertiary/aromatic N) is 3. The van der Waals surface area contributed by atoms with Crippen molar-refractivity contribution in [2.24, 2.45) is 7.05 Å². The summed E-state index contributed by atoms with van der Waals surface area (Å²) in [4.78, 5) is 4.62. The van der Waals surface area contributed by atoms with Crippen molar-refractivity contribution in [3.63, 3.8) is 0 Å². The molecule has 22 heavy (non-hydrogen) atoms. The van der Waals surface area contributed by atoms with Crippen LogP contribution in [-0.4, -0.2) is 41.9 Å². The Morgan fingerprint density at radius 1 is 1.41 bits per heavy atom. The summed E-state index contributed by atoms with van der Waals surface area (Å²) in [6, 6.07) is 6.49. The predicted molar refractivity (Wildman–Crippen MR) is 86.9 cm³/mol. The number of halogens is 1. The molecular formula is C14H17BrN4O2S. The fourth-order valence-electron chi connectivity index (χ4n) is 2.65. The highest BCUT2D eigenvalue weighted by Gasteiger charge is 2.36. The first-order chi connectivity index (χ1) is 10.5. The van der Waals surface area contributed by atoms with Gasteiger partial charge in [0, 0.05) is 43.5 Å². The molecular weight excluding hydrogens is 368 g/mol. The monoisotopic (exact) mass is 384 g/mol. The standard InChI is InChI=1S/C14H17BrN4O2S/c1-18-7-6-17-14(18)13-10-16-5-8-19(13)22(20,21)12-4-2-3-11(15)9-12/h2-4,6-7,9,13,16H,5,8,10H2,1H3. The van der Waals surface area contributed by atoms with Crippen LogP contribution in [0.25, 0.3) is 0 Å². The molecule has 118 valence electrons. The topological polar surface area (TPSA) is 67.2 Å². The van der Waals surface area contributed by atoms with Gasteiger partial charge in [-0.3, -0.25) is 0 Å². The Morgan fingerprint density at radius 3 is 2.91 bits per heavy atom. The zero-order chi connectivity index (χ0) is 15.7. The van der Waals surface area contributed by atoms with Crippen molar-refractivity contribution in [3.8, 4) is 0 Å². The van der Waals surface area contributed by atoms with Gasteiger partial charge in [-0.15, -0.1) is 0 Å². The van der Waals surface area contributed by atoms with Crippen LogP contribution in [0.5, 0.6) is 0 Å². The molecule has 1 saturated heterocycles. The molecule has 1 unspecified atom stereocenters. The summed E-state index contributed by atoms with van der Waals surface area (Å²) >= 11 is 3.33. The van der Waals surface area contributed by atoms with E-state index in [1.54, 1.807) is 24.4 Å². The van der Waals surface area contributed by atoms with Crippen molar-refractivity contribution < 1.29 is 8.42 Å². The quantitative estimate of drug-likeness (QED) is 0.870. The summed E-state index contributed by atoms with van der Waals surface area (Å²) in [6.45, 7) is 1.61. The van der Waals surface area contributed by atoms with Crippen LogP contribution < -0.4 is 5.32 Å². The SMILES string of the molecule is Cn1ccnc1C1CNCCN1S(=O)(=O)c1cccc(Br)c1. The van der Waals surface area contributed by atoms with Gasteiger partial charge in [0.1, 0.15) is 5.82 Å². The molecule has 1 aromatic heterocycles. The lowest BCUT2D eigenvalue weighted by atomic mass is 10.2. The van der Waals surface area contributed by atoms with Gasteiger partial charge in [0.25, 0.3) is 0 Å². The summed E-state index contributed by atoms with van der Waals surface area (Å²) in [5.74, 6) is 0.741. The molecule has 3 rings (SSSR count). The fraction of sp³-hybridized carbons (Fsp3) is 0.357. The zero-order valence-corrected chi connectivity index (χ0v) is 14.5. The molecule has 8 heteroatoms. The molecule has 0 radical (unpaired) electrons. The van der Waals surface area contributed by atoms with E-state index in [2.05, 4.69) is 26.2 Å². The number of aromatic nitrogens is 2. The highest BCUT2D eigenvalue weighted by molar-refractivity contribution is 9.10. The van der Waals surface area contributed by atoms with Crippen molar-refractivity contribution in [2.45, 2.75) is 10.9 Å². The number of imidazole rings is 1. The third kappa shape index (κ3) is 2.83. The zero-order valence-electron chi connectivity index (χ0n) is 12.1. The number of sulfonamides is 1. The Bertz CT molecular complexity index is 775. The van der Waals surface area contributed by atoms with E-state index in [1.807, 2.05) is 23.9 Å². The second-order valence-corrected chi connectivity index (χ2v) is 8.00. The van der Waals surface area contributed by atoms with Crippen molar-refractivity contribution in [1.29, 1.82) is 0 Å². The van der Waals surface area contributed by atoms with Crippen LogP contribution in [0.1, 0.15) is 11.9 Å². The molecule has 0 amide bonds. The largest absolute Gasteiger partial charge is 0.337 e. The van der Waals surface area contributed by atoms with Crippen LogP contribution in [0, 0.1) is 0 Å². The molecule has 1 aliphatic heterocycles. The van der Waals surface area contributed by atoms with Crippen LogP contribution in [0.3, 0.4) is 0 Å². The molecule has 2 heterocycles. The molecule has 1 fully saturated rings. The Labute approximate surface area is 138 Å². The van der Waals surface area contributed by atoms with E-state index in [1.165, 1.54) is 4.31 Å². The molecule has 0 saturated carbocycles. The summed E-state index contributed by atoms with van der Waals surface area (Å²) in [6.07, 6.45) is 3.52. The van der Waals surface area contributed by atoms with Gasteiger partial charge in [-0.25, -0.2) is 13.4 Å². The molecule has 1 aromatic carbocycles. The second-order valence-electron chi connectivity index (χ2n) is 5.19. The first-order valence-corrected chi connectivity index (χ1v) is 9.19. The van der Waals surface area contributed by atoms with Crippen molar-refractivity contribution in [2.75, 3.05) is 19.6 Å². The fourth-order valence-corrected chi connectivity index (χ4v) is 4.84. The lowest BCUT2D eigenvalue weighted by molar-refractivity contribution is 0.258. The van der Waals surface area contributed by atoms with E-state index >= 15 is 0 Å². The maximum Gasteiger partial charge on any atom is 0.243 e. The van der Waals surface area contributed by atoms with Gasteiger partial charge in [-0.1, -0.05) is 22.0 Å². The van der Waals surface area contributed by atoms with Gasteiger partial charge in [0.15, 0.2) is 0 Å². The average molecular weight is 385 g/mol. The number of nitrogens with one attached hydrogen (secondary N) is 1. The number of hydrogen-bond acceptors (Lipinski definition) is 4. The van der Waals surface area contributed by atoms with Gasteiger partial charge in [-0.2, -0.15) is 4.31 Å². The molecule has 0 spiro atoms. The third-order valence-electron chi connectivity index (χ3n) is 3.75. The molecule has 0 bridgehead atoms. The highest BCUT2D eigenvalue weighted by atomic mass is 79.9. The number of hydrogen-bond donors (Lipinski definition) is 1. The van der Waals surface area contributed by atoms with Crippen LogP contribution in [0.4, 0.5) is 0 Å². The minimum Gasteiger partial charge on any atom is -0.337 e. The van der Waals surface area contributed by atoms with E-state index < -0.39 is 10.0 Å². The van der Waals surface area contributed by atoms with E-state index in [9.17, 15) is 8.42 Å². The molecule has 1 N–H and O–H groups in total. The van der Waals surface area contributed by atoms with E-state index in [4.69, 9.17) is 0 Å². The normalized spacial score (nSPS) is 20.2. The molecule has 6 nitrogen and oxygen atoms in total. The van der Waals surface area contributed by atoms with Crippen LogP contribution in [-0.2, 0) is 17.1 Å². The average Bonchev–Trinajstić information content (AvgIpc) is 2.93. The first kappa shape index (κ1) is 15.7. The van der Waals surface area contributed by atoms with Crippen LogP contribution in [0.15, 0.2) is 46.0 Å². The van der Waals surface area contributed by atoms with Crippen molar-refractivity contribution in [3.05, 3.63) is 47.0 Å². The van der Waals surface area contributed by atoms with Crippen molar-refractivity contribution >= 4 is 26.0 Å². The highest BCUT2D eigenvalue weighted by Crippen LogP contribution is 2.28. The Morgan fingerprint density at radius 2 is 2.23 bits per heavy atom. The minimum atomic E-state index is -3.57. The predicted octanol–water partition coefficient (Wildman–Crippen LogP) is 1.52. The summed E-state index contributed by atoms with van der Waals surface area (Å²) in [5, 5.41) is 3.25. The molecule has 1 aliphatic rings. The van der Waals surface area contributed by atoms with Crippen LogP contribution >= 0.6 is 15.9 Å². The minimum absolute atomic E-state index is 0.294. The van der Waals surface area contributed by atoms with Crippen molar-refractivity contribution in [1.82, 2.24) is 19.2 Å². The molecule has 0 aliphatic carbocycles. The second kappa shape index (κ2) is 6.11. The van der Waals surface area contributed by atoms with Gasteiger partial charge in [0.05, 0.1) is 10.9 Å².